The van der Waals surface area contributed by atoms with Crippen LogP contribution in [0.25, 0.3) is 0 Å². The highest BCUT2D eigenvalue weighted by molar-refractivity contribution is 7.98. The summed E-state index contributed by atoms with van der Waals surface area (Å²) in [5.41, 5.74) is 3.65. The molecule has 0 unspecified atom stereocenters. The monoisotopic (exact) mass is 430 g/mol. The number of anilines is 1. The molecule has 2 aromatic rings. The number of nitrogens with zero attached hydrogens (tertiary/aromatic N) is 2. The Hall–Kier alpha value is -2.32. The van der Waals surface area contributed by atoms with Gasteiger partial charge in [-0.3, -0.25) is 14.6 Å². The van der Waals surface area contributed by atoms with Crippen LogP contribution >= 0.6 is 11.8 Å². The van der Waals surface area contributed by atoms with Crippen LogP contribution in [0.4, 0.5) is 5.95 Å². The average Bonchev–Trinajstić information content (AvgIpc) is 2.74. The van der Waals surface area contributed by atoms with Crippen LogP contribution in [0.2, 0.25) is 0 Å². The van der Waals surface area contributed by atoms with Gasteiger partial charge in [0.05, 0.1) is 13.2 Å². The van der Waals surface area contributed by atoms with Gasteiger partial charge in [0, 0.05) is 48.8 Å². The van der Waals surface area contributed by atoms with E-state index in [1.807, 2.05) is 11.8 Å². The van der Waals surface area contributed by atoms with Crippen LogP contribution in [0.5, 0.6) is 0 Å². The molecular formula is C22H30N4O3S. The summed E-state index contributed by atoms with van der Waals surface area (Å²) in [6.07, 6.45) is 0.672. The number of carbonyl (C=O) groups excluding carboxylic acids is 1. The van der Waals surface area contributed by atoms with Gasteiger partial charge >= 0.3 is 0 Å². The van der Waals surface area contributed by atoms with Crippen molar-refractivity contribution >= 4 is 23.6 Å². The fourth-order valence-electron chi connectivity index (χ4n) is 3.28. The molecule has 0 radical (unpaired) electrons. The molecule has 7 nitrogen and oxygen atoms in total. The second-order valence-corrected chi connectivity index (χ2v) is 8.55. The first-order valence-corrected chi connectivity index (χ1v) is 11.5. The second-order valence-electron chi connectivity index (χ2n) is 7.44. The van der Waals surface area contributed by atoms with Crippen molar-refractivity contribution in [1.29, 1.82) is 0 Å². The number of rotatable bonds is 9. The first-order valence-electron chi connectivity index (χ1n) is 10.4. The first kappa shape index (κ1) is 22.4. The zero-order valence-electron chi connectivity index (χ0n) is 17.7. The predicted octanol–water partition coefficient (Wildman–Crippen LogP) is 2.21. The number of aryl methyl sites for hydroxylation is 2. The van der Waals surface area contributed by atoms with Gasteiger partial charge in [0.2, 0.25) is 11.9 Å². The van der Waals surface area contributed by atoms with Crippen molar-refractivity contribution in [3.05, 3.63) is 57.0 Å². The summed E-state index contributed by atoms with van der Waals surface area (Å²) in [5, 5.41) is 2.94. The lowest BCUT2D eigenvalue weighted by Gasteiger charge is -2.27. The van der Waals surface area contributed by atoms with E-state index in [-0.39, 0.29) is 17.9 Å². The topological polar surface area (TPSA) is 87.3 Å². The van der Waals surface area contributed by atoms with Gasteiger partial charge in [-0.25, -0.2) is 4.98 Å². The number of aromatic nitrogens is 2. The van der Waals surface area contributed by atoms with Gasteiger partial charge in [-0.05, 0) is 25.8 Å². The molecule has 1 aromatic carbocycles. The molecule has 1 aliphatic rings. The number of thioether (sulfide) groups is 1. The van der Waals surface area contributed by atoms with Gasteiger partial charge in [-0.2, -0.15) is 11.8 Å². The van der Waals surface area contributed by atoms with E-state index in [9.17, 15) is 9.59 Å². The van der Waals surface area contributed by atoms with E-state index < -0.39 is 0 Å². The normalized spacial score (nSPS) is 14.0. The Kier molecular flexibility index (Phi) is 8.33. The molecule has 0 spiro atoms. The number of amides is 1. The summed E-state index contributed by atoms with van der Waals surface area (Å²) in [6.45, 7) is 7.23. The van der Waals surface area contributed by atoms with Crippen LogP contribution in [0.1, 0.15) is 28.8 Å². The van der Waals surface area contributed by atoms with Crippen molar-refractivity contribution in [2.45, 2.75) is 32.4 Å². The average molecular weight is 431 g/mol. The highest BCUT2D eigenvalue weighted by Crippen LogP contribution is 2.13. The molecular weight excluding hydrogens is 400 g/mol. The van der Waals surface area contributed by atoms with Gasteiger partial charge in [-0.1, -0.05) is 29.8 Å². The van der Waals surface area contributed by atoms with Crippen LogP contribution in [0.3, 0.4) is 0 Å². The van der Waals surface area contributed by atoms with Crippen molar-refractivity contribution in [1.82, 2.24) is 15.3 Å². The quantitative estimate of drug-likeness (QED) is 0.593. The van der Waals surface area contributed by atoms with E-state index in [1.165, 1.54) is 11.1 Å². The third-order valence-corrected chi connectivity index (χ3v) is 6.11. The van der Waals surface area contributed by atoms with E-state index in [2.05, 4.69) is 46.5 Å². The number of benzene rings is 1. The Balaban J connectivity index is 1.39. The Morgan fingerprint density at radius 3 is 2.67 bits per heavy atom. The molecule has 2 heterocycles. The first-order chi connectivity index (χ1) is 14.5. The zero-order valence-corrected chi connectivity index (χ0v) is 18.5. The Bertz CT molecular complexity index is 892. The van der Waals surface area contributed by atoms with E-state index in [0.717, 1.165) is 11.5 Å². The Labute approximate surface area is 181 Å². The predicted molar refractivity (Wildman–Crippen MR) is 121 cm³/mol. The van der Waals surface area contributed by atoms with Gasteiger partial charge in [0.15, 0.2) is 0 Å². The van der Waals surface area contributed by atoms with Gasteiger partial charge in [0.1, 0.15) is 0 Å². The van der Waals surface area contributed by atoms with Gasteiger partial charge in [-0.15, -0.1) is 0 Å². The van der Waals surface area contributed by atoms with E-state index in [4.69, 9.17) is 4.74 Å². The van der Waals surface area contributed by atoms with Crippen LogP contribution in [0, 0.1) is 13.8 Å². The van der Waals surface area contributed by atoms with E-state index >= 15 is 0 Å². The lowest BCUT2D eigenvalue weighted by molar-refractivity contribution is -0.120. The molecule has 2 N–H and O–H groups in total. The third-order valence-electron chi connectivity index (χ3n) is 5.08. The number of hydrogen-bond donors (Lipinski definition) is 2. The standard InChI is InChI=1S/C22H30N4O3S/c1-16-3-5-18(6-4-16)15-30-14-9-23-20(27)8-7-19-17(2)24-22(25-21(19)28)26-10-12-29-13-11-26/h3-6H,7-15H2,1-2H3,(H,23,27)(H,24,25,28). The number of hydrogen-bond acceptors (Lipinski definition) is 6. The van der Waals surface area contributed by atoms with Gasteiger partial charge < -0.3 is 15.0 Å². The van der Waals surface area contributed by atoms with Crippen molar-refractivity contribution in [2.75, 3.05) is 43.5 Å². The largest absolute Gasteiger partial charge is 0.378 e. The van der Waals surface area contributed by atoms with Crippen molar-refractivity contribution in [2.24, 2.45) is 0 Å². The minimum absolute atomic E-state index is 0.0398. The minimum atomic E-state index is -0.162. The molecule has 8 heteroatoms. The highest BCUT2D eigenvalue weighted by Gasteiger charge is 2.16. The summed E-state index contributed by atoms with van der Waals surface area (Å²) >= 11 is 1.80. The molecule has 1 fully saturated rings. The summed E-state index contributed by atoms with van der Waals surface area (Å²) in [7, 11) is 0. The number of nitrogens with one attached hydrogen (secondary N) is 2. The lowest BCUT2D eigenvalue weighted by atomic mass is 10.1. The van der Waals surface area contributed by atoms with Crippen LogP contribution in [0.15, 0.2) is 29.1 Å². The molecule has 1 saturated heterocycles. The Morgan fingerprint density at radius 1 is 1.23 bits per heavy atom. The third kappa shape index (κ3) is 6.60. The molecule has 1 amide bonds. The Morgan fingerprint density at radius 2 is 1.97 bits per heavy atom. The van der Waals surface area contributed by atoms with Crippen molar-refractivity contribution in [3.8, 4) is 0 Å². The molecule has 3 rings (SSSR count). The summed E-state index contributed by atoms with van der Waals surface area (Å²) in [6, 6.07) is 8.51. The van der Waals surface area contributed by atoms with E-state index in [1.54, 1.807) is 11.8 Å². The maximum atomic E-state index is 12.5. The fourth-order valence-corrected chi connectivity index (χ4v) is 4.10. The SMILES string of the molecule is Cc1ccc(CSCCNC(=O)CCc2c(C)nc(N3CCOCC3)[nH]c2=O)cc1. The molecule has 0 atom stereocenters. The minimum Gasteiger partial charge on any atom is -0.378 e. The van der Waals surface area contributed by atoms with Crippen molar-refractivity contribution in [3.63, 3.8) is 0 Å². The fraction of sp³-hybridized carbons (Fsp3) is 0.500. The number of aromatic amines is 1. The number of H-pyrrole nitrogens is 1. The number of carbonyl (C=O) groups is 1. The molecule has 0 bridgehead atoms. The highest BCUT2D eigenvalue weighted by atomic mass is 32.2. The smallest absolute Gasteiger partial charge is 0.255 e. The van der Waals surface area contributed by atoms with Crippen LogP contribution in [-0.4, -0.2) is 54.5 Å². The number of ether oxygens (including phenoxy) is 1. The summed E-state index contributed by atoms with van der Waals surface area (Å²) in [5.74, 6) is 2.34. The zero-order chi connectivity index (χ0) is 21.3. The van der Waals surface area contributed by atoms with E-state index in [0.29, 0.717) is 56.5 Å². The molecule has 1 aliphatic heterocycles. The molecule has 162 valence electrons. The summed E-state index contributed by atoms with van der Waals surface area (Å²) in [4.78, 5) is 34.0. The summed E-state index contributed by atoms with van der Waals surface area (Å²) < 4.78 is 5.34. The molecule has 0 saturated carbocycles. The van der Waals surface area contributed by atoms with Gasteiger partial charge in [0.25, 0.3) is 5.56 Å². The van der Waals surface area contributed by atoms with Crippen molar-refractivity contribution < 1.29 is 9.53 Å². The lowest BCUT2D eigenvalue weighted by Crippen LogP contribution is -2.38. The van der Waals surface area contributed by atoms with Crippen LogP contribution < -0.4 is 15.8 Å². The maximum Gasteiger partial charge on any atom is 0.255 e. The molecule has 0 aliphatic carbocycles. The maximum absolute atomic E-state index is 12.5. The molecule has 1 aromatic heterocycles. The van der Waals surface area contributed by atoms with Crippen LogP contribution in [-0.2, 0) is 21.7 Å². The second kappa shape index (κ2) is 11.2. The molecule has 30 heavy (non-hydrogen) atoms. The number of morpholine rings is 1.